The van der Waals surface area contributed by atoms with Crippen LogP contribution in [0.25, 0.3) is 0 Å². The summed E-state index contributed by atoms with van der Waals surface area (Å²) >= 11 is 6.11. The Labute approximate surface area is 114 Å². The second-order valence-corrected chi connectivity index (χ2v) is 5.56. The van der Waals surface area contributed by atoms with Gasteiger partial charge >= 0.3 is 0 Å². The lowest BCUT2D eigenvalue weighted by Crippen LogP contribution is -2.36. The van der Waals surface area contributed by atoms with E-state index < -0.39 is 0 Å². The highest BCUT2D eigenvalue weighted by Gasteiger charge is 2.15. The summed E-state index contributed by atoms with van der Waals surface area (Å²) in [5, 5.41) is 4.04. The summed E-state index contributed by atoms with van der Waals surface area (Å²) in [6.45, 7) is 6.70. The SMILES string of the molecule is CC1CCN(CCNc2c(N)cccc2Cl)CC1. The molecule has 0 saturated carbocycles. The van der Waals surface area contributed by atoms with E-state index in [1.807, 2.05) is 18.2 Å². The molecule has 0 bridgehead atoms. The van der Waals surface area contributed by atoms with Crippen molar-refractivity contribution < 1.29 is 0 Å². The Bertz CT molecular complexity index is 366. The molecule has 0 amide bonds. The number of likely N-dealkylation sites (tertiary alicyclic amines) is 1. The number of nitrogen functional groups attached to an aromatic ring is 1. The summed E-state index contributed by atoms with van der Waals surface area (Å²) in [5.41, 5.74) is 7.48. The first-order chi connectivity index (χ1) is 8.66. The van der Waals surface area contributed by atoms with Crippen LogP contribution in [0.15, 0.2) is 18.2 Å². The zero-order chi connectivity index (χ0) is 13.0. The van der Waals surface area contributed by atoms with Crippen LogP contribution in [0.5, 0.6) is 0 Å². The molecular formula is C14H22ClN3. The monoisotopic (exact) mass is 267 g/mol. The van der Waals surface area contributed by atoms with E-state index in [2.05, 4.69) is 17.1 Å². The summed E-state index contributed by atoms with van der Waals surface area (Å²) in [5.74, 6) is 0.883. The zero-order valence-electron chi connectivity index (χ0n) is 11.0. The number of hydrogen-bond acceptors (Lipinski definition) is 3. The van der Waals surface area contributed by atoms with Gasteiger partial charge in [0.1, 0.15) is 0 Å². The second-order valence-electron chi connectivity index (χ2n) is 5.16. The molecule has 3 nitrogen and oxygen atoms in total. The van der Waals surface area contributed by atoms with Gasteiger partial charge in [-0.05, 0) is 44.0 Å². The molecule has 3 N–H and O–H groups in total. The van der Waals surface area contributed by atoms with Crippen molar-refractivity contribution in [1.29, 1.82) is 0 Å². The highest BCUT2D eigenvalue weighted by atomic mass is 35.5. The van der Waals surface area contributed by atoms with Crippen molar-refractivity contribution in [2.24, 2.45) is 5.92 Å². The van der Waals surface area contributed by atoms with Gasteiger partial charge < -0.3 is 16.0 Å². The largest absolute Gasteiger partial charge is 0.397 e. The molecule has 0 aromatic heterocycles. The second kappa shape index (κ2) is 6.30. The van der Waals surface area contributed by atoms with E-state index in [4.69, 9.17) is 17.3 Å². The van der Waals surface area contributed by atoms with Gasteiger partial charge in [-0.3, -0.25) is 0 Å². The maximum absolute atomic E-state index is 6.11. The number of nitrogens with zero attached hydrogens (tertiary/aromatic N) is 1. The number of benzene rings is 1. The molecule has 0 radical (unpaired) electrons. The molecule has 18 heavy (non-hydrogen) atoms. The third-order valence-corrected chi connectivity index (χ3v) is 3.97. The fourth-order valence-corrected chi connectivity index (χ4v) is 2.60. The molecular weight excluding hydrogens is 246 g/mol. The van der Waals surface area contributed by atoms with Gasteiger partial charge in [-0.1, -0.05) is 24.6 Å². The lowest BCUT2D eigenvalue weighted by molar-refractivity contribution is 0.199. The molecule has 100 valence electrons. The molecule has 1 aromatic carbocycles. The molecule has 4 heteroatoms. The number of nitrogens with one attached hydrogen (secondary N) is 1. The van der Waals surface area contributed by atoms with Gasteiger partial charge in [0.25, 0.3) is 0 Å². The van der Waals surface area contributed by atoms with Gasteiger partial charge in [-0.15, -0.1) is 0 Å². The molecule has 1 fully saturated rings. The number of anilines is 2. The zero-order valence-corrected chi connectivity index (χ0v) is 11.7. The minimum atomic E-state index is 0.697. The maximum atomic E-state index is 6.11. The van der Waals surface area contributed by atoms with Crippen LogP contribution in [0, 0.1) is 5.92 Å². The summed E-state index contributed by atoms with van der Waals surface area (Å²) in [4.78, 5) is 2.50. The van der Waals surface area contributed by atoms with Crippen LogP contribution in [0.2, 0.25) is 5.02 Å². The van der Waals surface area contributed by atoms with Crippen LogP contribution in [0.4, 0.5) is 11.4 Å². The quantitative estimate of drug-likeness (QED) is 0.824. The molecule has 1 aromatic rings. The molecule has 0 atom stereocenters. The Morgan fingerprint density at radius 3 is 2.78 bits per heavy atom. The van der Waals surface area contributed by atoms with E-state index in [0.717, 1.165) is 30.4 Å². The van der Waals surface area contributed by atoms with E-state index in [1.165, 1.54) is 25.9 Å². The molecule has 1 heterocycles. The first-order valence-corrected chi connectivity index (χ1v) is 7.05. The average molecular weight is 268 g/mol. The normalized spacial score (nSPS) is 17.9. The number of hydrogen-bond donors (Lipinski definition) is 2. The van der Waals surface area contributed by atoms with Crippen molar-refractivity contribution in [2.75, 3.05) is 37.2 Å². The maximum Gasteiger partial charge on any atom is 0.0763 e. The van der Waals surface area contributed by atoms with Crippen molar-refractivity contribution >= 4 is 23.0 Å². The van der Waals surface area contributed by atoms with Crippen molar-refractivity contribution in [2.45, 2.75) is 19.8 Å². The number of piperidine rings is 1. The smallest absolute Gasteiger partial charge is 0.0763 e. The molecule has 0 unspecified atom stereocenters. The van der Waals surface area contributed by atoms with Crippen molar-refractivity contribution in [3.05, 3.63) is 23.2 Å². The molecule has 2 rings (SSSR count). The third kappa shape index (κ3) is 3.53. The van der Waals surface area contributed by atoms with Crippen LogP contribution in [-0.2, 0) is 0 Å². The van der Waals surface area contributed by atoms with Gasteiger partial charge in [0.05, 0.1) is 16.4 Å². The van der Waals surface area contributed by atoms with Crippen LogP contribution < -0.4 is 11.1 Å². The lowest BCUT2D eigenvalue weighted by Gasteiger charge is -2.30. The molecule has 0 spiro atoms. The number of para-hydroxylation sites is 1. The Hall–Kier alpha value is -0.930. The lowest BCUT2D eigenvalue weighted by atomic mass is 9.99. The molecule has 0 aliphatic carbocycles. The standard InChI is InChI=1S/C14H22ClN3/c1-11-5-8-18(9-6-11)10-7-17-14-12(15)3-2-4-13(14)16/h2-4,11,17H,5-10,16H2,1H3. The Balaban J connectivity index is 1.78. The Kier molecular flexibility index (Phi) is 4.72. The van der Waals surface area contributed by atoms with Crippen LogP contribution in [0.3, 0.4) is 0 Å². The molecule has 1 aliphatic heterocycles. The fourth-order valence-electron chi connectivity index (χ4n) is 2.35. The highest BCUT2D eigenvalue weighted by molar-refractivity contribution is 6.33. The fraction of sp³-hybridized carbons (Fsp3) is 0.571. The summed E-state index contributed by atoms with van der Waals surface area (Å²) in [7, 11) is 0. The van der Waals surface area contributed by atoms with Gasteiger partial charge in [0.15, 0.2) is 0 Å². The first-order valence-electron chi connectivity index (χ1n) is 6.67. The van der Waals surface area contributed by atoms with Crippen LogP contribution >= 0.6 is 11.6 Å². The molecule has 1 aliphatic rings. The number of nitrogens with two attached hydrogens (primary N) is 1. The van der Waals surface area contributed by atoms with E-state index in [1.54, 1.807) is 0 Å². The predicted molar refractivity (Wildman–Crippen MR) is 79.2 cm³/mol. The van der Waals surface area contributed by atoms with Crippen LogP contribution in [0.1, 0.15) is 19.8 Å². The van der Waals surface area contributed by atoms with Crippen molar-refractivity contribution in [1.82, 2.24) is 4.90 Å². The van der Waals surface area contributed by atoms with Gasteiger partial charge in [0.2, 0.25) is 0 Å². The summed E-state index contributed by atoms with van der Waals surface area (Å²) < 4.78 is 0. The van der Waals surface area contributed by atoms with Crippen LogP contribution in [-0.4, -0.2) is 31.1 Å². The minimum absolute atomic E-state index is 0.697. The van der Waals surface area contributed by atoms with Gasteiger partial charge in [-0.2, -0.15) is 0 Å². The van der Waals surface area contributed by atoms with Gasteiger partial charge in [-0.25, -0.2) is 0 Å². The number of halogens is 1. The highest BCUT2D eigenvalue weighted by Crippen LogP contribution is 2.27. The third-order valence-electron chi connectivity index (χ3n) is 3.65. The molecule has 1 saturated heterocycles. The van der Waals surface area contributed by atoms with Crippen molar-refractivity contribution in [3.63, 3.8) is 0 Å². The summed E-state index contributed by atoms with van der Waals surface area (Å²) in [6, 6.07) is 5.61. The van der Waals surface area contributed by atoms with E-state index in [0.29, 0.717) is 5.02 Å². The van der Waals surface area contributed by atoms with E-state index in [-0.39, 0.29) is 0 Å². The Morgan fingerprint density at radius 2 is 2.11 bits per heavy atom. The van der Waals surface area contributed by atoms with E-state index >= 15 is 0 Å². The average Bonchev–Trinajstić information content (AvgIpc) is 2.35. The number of rotatable bonds is 4. The minimum Gasteiger partial charge on any atom is -0.397 e. The van der Waals surface area contributed by atoms with E-state index in [9.17, 15) is 0 Å². The van der Waals surface area contributed by atoms with Crippen molar-refractivity contribution in [3.8, 4) is 0 Å². The topological polar surface area (TPSA) is 41.3 Å². The summed E-state index contributed by atoms with van der Waals surface area (Å²) in [6.07, 6.45) is 2.63. The first kappa shape index (κ1) is 13.5. The predicted octanol–water partition coefficient (Wildman–Crippen LogP) is 3.07. The van der Waals surface area contributed by atoms with Gasteiger partial charge in [0, 0.05) is 13.1 Å². The Morgan fingerprint density at radius 1 is 1.39 bits per heavy atom.